The molecule has 1 fully saturated rings. The van der Waals surface area contributed by atoms with Crippen molar-refractivity contribution in [2.75, 3.05) is 13.2 Å². The van der Waals surface area contributed by atoms with Crippen molar-refractivity contribution < 1.29 is 13.2 Å². The highest BCUT2D eigenvalue weighted by molar-refractivity contribution is 7.89. The van der Waals surface area contributed by atoms with Crippen molar-refractivity contribution in [2.24, 2.45) is 0 Å². The second-order valence-electron chi connectivity index (χ2n) is 5.12. The molecule has 0 unspecified atom stereocenters. The molecule has 20 heavy (non-hydrogen) atoms. The third kappa shape index (κ3) is 2.11. The van der Waals surface area contributed by atoms with Gasteiger partial charge in [-0.1, -0.05) is 0 Å². The van der Waals surface area contributed by atoms with Crippen LogP contribution >= 0.6 is 0 Å². The van der Waals surface area contributed by atoms with E-state index in [1.165, 1.54) is 10.5 Å². The summed E-state index contributed by atoms with van der Waals surface area (Å²) in [7, 11) is -3.55. The van der Waals surface area contributed by atoms with Gasteiger partial charge >= 0.3 is 0 Å². The summed E-state index contributed by atoms with van der Waals surface area (Å²) in [5.41, 5.74) is 0.583. The van der Waals surface area contributed by atoms with Crippen molar-refractivity contribution in [1.82, 2.24) is 14.3 Å². The number of pyridine rings is 1. The molecular weight excluding hydrogens is 278 g/mol. The normalized spacial score (nSPS) is 25.1. The maximum absolute atomic E-state index is 12.8. The summed E-state index contributed by atoms with van der Waals surface area (Å²) in [5, 5.41) is 0.624. The van der Waals surface area contributed by atoms with E-state index in [9.17, 15) is 8.42 Å². The molecule has 1 saturated heterocycles. The van der Waals surface area contributed by atoms with Gasteiger partial charge in [0.2, 0.25) is 10.0 Å². The smallest absolute Gasteiger partial charge is 0.245 e. The van der Waals surface area contributed by atoms with E-state index in [2.05, 4.69) is 9.97 Å². The second-order valence-corrected chi connectivity index (χ2v) is 6.98. The van der Waals surface area contributed by atoms with Crippen LogP contribution in [0, 0.1) is 0 Å². The van der Waals surface area contributed by atoms with Crippen LogP contribution in [0.3, 0.4) is 0 Å². The number of hydrogen-bond donors (Lipinski definition) is 1. The maximum Gasteiger partial charge on any atom is 0.245 e. The number of rotatable bonds is 2. The Kier molecular flexibility index (Phi) is 3.27. The van der Waals surface area contributed by atoms with Gasteiger partial charge < -0.3 is 9.72 Å². The number of nitrogens with one attached hydrogen (secondary N) is 1. The first-order chi connectivity index (χ1) is 9.50. The number of nitrogens with zero attached hydrogens (tertiary/aromatic N) is 2. The number of aromatic nitrogens is 2. The van der Waals surface area contributed by atoms with Crippen molar-refractivity contribution in [1.29, 1.82) is 0 Å². The number of aromatic amines is 1. The number of sulfonamides is 1. The summed E-state index contributed by atoms with van der Waals surface area (Å²) in [4.78, 5) is 7.32. The predicted molar refractivity (Wildman–Crippen MR) is 74.9 cm³/mol. The summed E-state index contributed by atoms with van der Waals surface area (Å²) in [6.45, 7) is 4.53. The molecule has 3 rings (SSSR count). The molecule has 0 radical (unpaired) electrons. The summed E-state index contributed by atoms with van der Waals surface area (Å²) in [6, 6.07) is 3.33. The van der Waals surface area contributed by atoms with Crippen molar-refractivity contribution in [3.63, 3.8) is 0 Å². The highest BCUT2D eigenvalue weighted by atomic mass is 32.2. The molecule has 6 nitrogen and oxygen atoms in total. The average molecular weight is 295 g/mol. The molecule has 108 valence electrons. The Labute approximate surface area is 117 Å². The van der Waals surface area contributed by atoms with Gasteiger partial charge in [0.25, 0.3) is 0 Å². The molecule has 1 N–H and O–H groups in total. The quantitative estimate of drug-likeness (QED) is 0.907. The van der Waals surface area contributed by atoms with Crippen molar-refractivity contribution in [2.45, 2.75) is 30.9 Å². The van der Waals surface area contributed by atoms with Crippen LogP contribution in [0.15, 0.2) is 29.4 Å². The standard InChI is InChI=1S/C13H17N3O3S/c1-9-8-19-10(2)7-16(9)20(17,18)12-6-15-13-11(12)4-3-5-14-13/h3-6,9-10H,7-8H2,1-2H3,(H,14,15)/t9-,10-/m0/s1. The van der Waals surface area contributed by atoms with Gasteiger partial charge in [-0.2, -0.15) is 4.31 Å². The number of fused-ring (bicyclic) bond motifs is 1. The third-order valence-corrected chi connectivity index (χ3v) is 5.57. The van der Waals surface area contributed by atoms with Crippen molar-refractivity contribution in [3.8, 4) is 0 Å². The van der Waals surface area contributed by atoms with E-state index in [0.29, 0.717) is 24.2 Å². The topological polar surface area (TPSA) is 75.3 Å². The Hall–Kier alpha value is -1.44. The van der Waals surface area contributed by atoms with Gasteiger partial charge in [-0.15, -0.1) is 0 Å². The van der Waals surface area contributed by atoms with Crippen LogP contribution in [0.4, 0.5) is 0 Å². The minimum atomic E-state index is -3.55. The van der Waals surface area contributed by atoms with Crippen LogP contribution in [-0.4, -0.2) is 48.0 Å². The molecule has 0 amide bonds. The van der Waals surface area contributed by atoms with Crippen molar-refractivity contribution in [3.05, 3.63) is 24.5 Å². The van der Waals surface area contributed by atoms with E-state index >= 15 is 0 Å². The minimum Gasteiger partial charge on any atom is -0.375 e. The zero-order valence-electron chi connectivity index (χ0n) is 11.4. The van der Waals surface area contributed by atoms with Crippen LogP contribution in [-0.2, 0) is 14.8 Å². The highest BCUT2D eigenvalue weighted by Gasteiger charge is 2.35. The molecule has 3 heterocycles. The summed E-state index contributed by atoms with van der Waals surface area (Å²) in [5.74, 6) is 0. The number of hydrogen-bond acceptors (Lipinski definition) is 4. The molecule has 1 aliphatic rings. The minimum absolute atomic E-state index is 0.0932. The van der Waals surface area contributed by atoms with Crippen LogP contribution in [0.5, 0.6) is 0 Å². The van der Waals surface area contributed by atoms with Gasteiger partial charge in [0.1, 0.15) is 10.5 Å². The number of ether oxygens (including phenoxy) is 1. The molecule has 0 bridgehead atoms. The Morgan fingerprint density at radius 3 is 3.05 bits per heavy atom. The Morgan fingerprint density at radius 1 is 1.45 bits per heavy atom. The largest absolute Gasteiger partial charge is 0.375 e. The zero-order valence-corrected chi connectivity index (χ0v) is 12.2. The maximum atomic E-state index is 12.8. The van der Waals surface area contributed by atoms with Gasteiger partial charge in [-0.05, 0) is 26.0 Å². The molecule has 1 aliphatic heterocycles. The molecule has 2 aromatic rings. The number of H-pyrrole nitrogens is 1. The first-order valence-corrected chi connectivity index (χ1v) is 7.99. The van der Waals surface area contributed by atoms with E-state index in [-0.39, 0.29) is 17.0 Å². The van der Waals surface area contributed by atoms with Gasteiger partial charge in [0.15, 0.2) is 0 Å². The first-order valence-electron chi connectivity index (χ1n) is 6.55. The molecule has 7 heteroatoms. The zero-order chi connectivity index (χ0) is 14.3. The summed E-state index contributed by atoms with van der Waals surface area (Å²) < 4.78 is 32.7. The van der Waals surface area contributed by atoms with Crippen LogP contribution < -0.4 is 0 Å². The second kappa shape index (κ2) is 4.83. The summed E-state index contributed by atoms with van der Waals surface area (Å²) in [6.07, 6.45) is 3.05. The first kappa shape index (κ1) is 13.5. The highest BCUT2D eigenvalue weighted by Crippen LogP contribution is 2.27. The van der Waals surface area contributed by atoms with Gasteiger partial charge in [0.05, 0.1) is 12.7 Å². The monoisotopic (exact) mass is 295 g/mol. The van der Waals surface area contributed by atoms with Crippen LogP contribution in [0.2, 0.25) is 0 Å². The fourth-order valence-electron chi connectivity index (χ4n) is 2.48. The molecular formula is C13H17N3O3S. The average Bonchev–Trinajstić information content (AvgIpc) is 2.86. The molecule has 0 saturated carbocycles. The van der Waals surface area contributed by atoms with Crippen LogP contribution in [0.25, 0.3) is 11.0 Å². The molecule has 2 atom stereocenters. The lowest BCUT2D eigenvalue weighted by molar-refractivity contribution is -0.0170. The number of morpholine rings is 1. The predicted octanol–water partition coefficient (Wildman–Crippen LogP) is 1.36. The van der Waals surface area contributed by atoms with E-state index in [4.69, 9.17) is 4.74 Å². The van der Waals surface area contributed by atoms with Gasteiger partial charge in [0, 0.05) is 30.4 Å². The Bertz CT molecular complexity index is 725. The van der Waals surface area contributed by atoms with E-state index in [1.807, 2.05) is 13.8 Å². The molecule has 0 aromatic carbocycles. The fraction of sp³-hybridized carbons (Fsp3) is 0.462. The lowest BCUT2D eigenvalue weighted by Crippen LogP contribution is -2.49. The Balaban J connectivity index is 2.07. The SMILES string of the molecule is C[C@H]1CN(S(=O)(=O)c2c[nH]c3ncccc23)[C@@H](C)CO1. The van der Waals surface area contributed by atoms with Gasteiger partial charge in [-0.3, -0.25) is 0 Å². The Morgan fingerprint density at radius 2 is 2.25 bits per heavy atom. The van der Waals surface area contributed by atoms with E-state index in [0.717, 1.165) is 0 Å². The summed E-state index contributed by atoms with van der Waals surface area (Å²) >= 11 is 0. The lowest BCUT2D eigenvalue weighted by atomic mass is 10.2. The van der Waals surface area contributed by atoms with Crippen molar-refractivity contribution >= 4 is 21.1 Å². The van der Waals surface area contributed by atoms with E-state index < -0.39 is 10.0 Å². The third-order valence-electron chi connectivity index (χ3n) is 3.55. The molecule has 0 aliphatic carbocycles. The fourth-order valence-corrected chi connectivity index (χ4v) is 4.32. The molecule has 0 spiro atoms. The van der Waals surface area contributed by atoms with Gasteiger partial charge in [-0.25, -0.2) is 13.4 Å². The lowest BCUT2D eigenvalue weighted by Gasteiger charge is -2.35. The van der Waals surface area contributed by atoms with E-state index in [1.54, 1.807) is 18.3 Å². The van der Waals surface area contributed by atoms with Crippen LogP contribution in [0.1, 0.15) is 13.8 Å². The molecule has 2 aromatic heterocycles.